The normalized spacial score (nSPS) is 26.9. The molecule has 2 heteroatoms. The Morgan fingerprint density at radius 2 is 2.45 bits per heavy atom. The van der Waals surface area contributed by atoms with Crippen molar-refractivity contribution in [2.24, 2.45) is 5.92 Å². The van der Waals surface area contributed by atoms with Gasteiger partial charge in [0, 0.05) is 13.1 Å². The molecule has 0 saturated carbocycles. The van der Waals surface area contributed by atoms with Crippen LogP contribution >= 0.6 is 0 Å². The Hall–Kier alpha value is -0.340. The van der Waals surface area contributed by atoms with Crippen molar-refractivity contribution in [3.8, 4) is 0 Å². The van der Waals surface area contributed by atoms with Gasteiger partial charge in [-0.15, -0.1) is 0 Å². The number of nitrogens with zero attached hydrogens (tertiary/aromatic N) is 1. The molecule has 0 bridgehead atoms. The topological polar surface area (TPSA) is 15.3 Å². The molecular formula is C9H18N2. The van der Waals surface area contributed by atoms with Crippen molar-refractivity contribution in [3.05, 3.63) is 12.2 Å². The Morgan fingerprint density at radius 1 is 1.64 bits per heavy atom. The van der Waals surface area contributed by atoms with Crippen LogP contribution in [0.25, 0.3) is 0 Å². The zero-order chi connectivity index (χ0) is 8.10. The second-order valence-electron chi connectivity index (χ2n) is 3.30. The van der Waals surface area contributed by atoms with Crippen molar-refractivity contribution in [2.75, 3.05) is 33.7 Å². The molecule has 0 aromatic carbocycles. The molecule has 0 radical (unpaired) electrons. The first-order chi connectivity index (χ1) is 5.33. The molecule has 0 aromatic rings. The van der Waals surface area contributed by atoms with Crippen LogP contribution < -0.4 is 5.32 Å². The molecule has 2 nitrogen and oxygen atoms in total. The van der Waals surface area contributed by atoms with E-state index >= 15 is 0 Å². The Kier molecular flexibility index (Phi) is 3.60. The fraction of sp³-hybridized carbons (Fsp3) is 0.778. The maximum atomic E-state index is 3.10. The Morgan fingerprint density at radius 3 is 3.00 bits per heavy atom. The maximum absolute atomic E-state index is 3.10. The molecular weight excluding hydrogens is 136 g/mol. The summed E-state index contributed by atoms with van der Waals surface area (Å²) in [5.74, 6) is 0.799. The van der Waals surface area contributed by atoms with Gasteiger partial charge in [0.2, 0.25) is 0 Å². The van der Waals surface area contributed by atoms with Crippen molar-refractivity contribution in [2.45, 2.75) is 6.42 Å². The zero-order valence-electron chi connectivity index (χ0n) is 7.51. The highest BCUT2D eigenvalue weighted by Crippen LogP contribution is 2.14. The van der Waals surface area contributed by atoms with E-state index in [2.05, 4.69) is 29.4 Å². The first-order valence-corrected chi connectivity index (χ1v) is 4.32. The van der Waals surface area contributed by atoms with Gasteiger partial charge in [-0.2, -0.15) is 0 Å². The lowest BCUT2D eigenvalue weighted by molar-refractivity contribution is 0.408. The van der Waals surface area contributed by atoms with E-state index in [1.54, 1.807) is 0 Å². The average Bonchev–Trinajstić information content (AvgIpc) is 2.37. The SMILES string of the molecule is CNC/C=C/C1CCN(C)C1. The molecule has 0 amide bonds. The predicted octanol–water partition coefficient (Wildman–Crippen LogP) is 0.714. The van der Waals surface area contributed by atoms with Gasteiger partial charge in [-0.25, -0.2) is 0 Å². The van der Waals surface area contributed by atoms with Crippen molar-refractivity contribution < 1.29 is 0 Å². The summed E-state index contributed by atoms with van der Waals surface area (Å²) in [7, 11) is 4.16. The highest BCUT2D eigenvalue weighted by Gasteiger charge is 2.15. The molecule has 11 heavy (non-hydrogen) atoms. The van der Waals surface area contributed by atoms with Crippen LogP contribution in [0.3, 0.4) is 0 Å². The molecule has 0 aromatic heterocycles. The zero-order valence-corrected chi connectivity index (χ0v) is 7.51. The number of hydrogen-bond donors (Lipinski definition) is 1. The van der Waals surface area contributed by atoms with Crippen LogP contribution in [0, 0.1) is 5.92 Å². The van der Waals surface area contributed by atoms with E-state index in [-0.39, 0.29) is 0 Å². The first kappa shape index (κ1) is 8.75. The third-order valence-corrected chi connectivity index (χ3v) is 2.16. The lowest BCUT2D eigenvalue weighted by atomic mass is 10.1. The van der Waals surface area contributed by atoms with Crippen LogP contribution in [-0.2, 0) is 0 Å². The second kappa shape index (κ2) is 4.52. The lowest BCUT2D eigenvalue weighted by Gasteiger charge is -2.05. The average molecular weight is 154 g/mol. The molecule has 1 saturated heterocycles. The Bertz CT molecular complexity index is 132. The van der Waals surface area contributed by atoms with Crippen LogP contribution in [-0.4, -0.2) is 38.6 Å². The third kappa shape index (κ3) is 3.04. The molecule has 1 aliphatic rings. The number of nitrogens with one attached hydrogen (secondary N) is 1. The van der Waals surface area contributed by atoms with Gasteiger partial charge < -0.3 is 10.2 Å². The number of likely N-dealkylation sites (tertiary alicyclic amines) is 1. The molecule has 1 fully saturated rings. The highest BCUT2D eigenvalue weighted by molar-refractivity contribution is 4.93. The van der Waals surface area contributed by atoms with Crippen LogP contribution in [0.15, 0.2) is 12.2 Å². The summed E-state index contributed by atoms with van der Waals surface area (Å²) in [6.45, 7) is 3.50. The largest absolute Gasteiger partial charge is 0.316 e. The molecule has 1 aliphatic heterocycles. The van der Waals surface area contributed by atoms with Crippen molar-refractivity contribution in [1.82, 2.24) is 10.2 Å². The summed E-state index contributed by atoms with van der Waals surface area (Å²) in [4.78, 5) is 2.38. The standard InChI is InChI=1S/C9H18N2/c1-10-6-3-4-9-5-7-11(2)8-9/h3-4,9-10H,5-8H2,1-2H3/b4-3+. The molecule has 64 valence electrons. The van der Waals surface area contributed by atoms with Gasteiger partial charge in [0.15, 0.2) is 0 Å². The van der Waals surface area contributed by atoms with Crippen LogP contribution in [0.5, 0.6) is 0 Å². The fourth-order valence-corrected chi connectivity index (χ4v) is 1.50. The molecule has 1 atom stereocenters. The van der Waals surface area contributed by atoms with Crippen molar-refractivity contribution in [1.29, 1.82) is 0 Å². The Balaban J connectivity index is 2.17. The van der Waals surface area contributed by atoms with Gasteiger partial charge in [-0.05, 0) is 33.0 Å². The minimum Gasteiger partial charge on any atom is -0.316 e. The van der Waals surface area contributed by atoms with E-state index in [4.69, 9.17) is 0 Å². The molecule has 0 aliphatic carbocycles. The number of rotatable bonds is 3. The van der Waals surface area contributed by atoms with Gasteiger partial charge in [-0.1, -0.05) is 12.2 Å². The highest BCUT2D eigenvalue weighted by atomic mass is 15.1. The molecule has 1 heterocycles. The van der Waals surface area contributed by atoms with E-state index in [9.17, 15) is 0 Å². The molecule has 1 unspecified atom stereocenters. The minimum atomic E-state index is 0.799. The van der Waals surface area contributed by atoms with E-state index in [1.807, 2.05) is 7.05 Å². The summed E-state index contributed by atoms with van der Waals surface area (Å²) in [5.41, 5.74) is 0. The fourth-order valence-electron chi connectivity index (χ4n) is 1.50. The van der Waals surface area contributed by atoms with E-state index < -0.39 is 0 Å². The third-order valence-electron chi connectivity index (χ3n) is 2.16. The molecule has 1 N–H and O–H groups in total. The van der Waals surface area contributed by atoms with Crippen LogP contribution in [0.2, 0.25) is 0 Å². The van der Waals surface area contributed by atoms with Gasteiger partial charge in [-0.3, -0.25) is 0 Å². The van der Waals surface area contributed by atoms with Crippen LogP contribution in [0.4, 0.5) is 0 Å². The maximum Gasteiger partial charge on any atom is 0.0131 e. The summed E-state index contributed by atoms with van der Waals surface area (Å²) < 4.78 is 0. The summed E-state index contributed by atoms with van der Waals surface area (Å²) in [6.07, 6.45) is 5.89. The quantitative estimate of drug-likeness (QED) is 0.602. The number of hydrogen-bond acceptors (Lipinski definition) is 2. The second-order valence-corrected chi connectivity index (χ2v) is 3.30. The van der Waals surface area contributed by atoms with Crippen LogP contribution in [0.1, 0.15) is 6.42 Å². The van der Waals surface area contributed by atoms with Crippen molar-refractivity contribution in [3.63, 3.8) is 0 Å². The minimum absolute atomic E-state index is 0.799. The summed E-state index contributed by atoms with van der Waals surface area (Å²) in [5, 5.41) is 3.10. The van der Waals surface area contributed by atoms with Gasteiger partial charge >= 0.3 is 0 Å². The first-order valence-electron chi connectivity index (χ1n) is 4.32. The van der Waals surface area contributed by atoms with E-state index in [0.29, 0.717) is 0 Å². The smallest absolute Gasteiger partial charge is 0.0131 e. The van der Waals surface area contributed by atoms with Gasteiger partial charge in [0.1, 0.15) is 0 Å². The Labute approximate surface area is 69.3 Å². The van der Waals surface area contributed by atoms with E-state index in [0.717, 1.165) is 12.5 Å². The summed E-state index contributed by atoms with van der Waals surface area (Å²) >= 11 is 0. The van der Waals surface area contributed by atoms with Crippen molar-refractivity contribution >= 4 is 0 Å². The number of likely N-dealkylation sites (N-methyl/N-ethyl adjacent to an activating group) is 1. The molecule has 0 spiro atoms. The molecule has 1 rings (SSSR count). The van der Waals surface area contributed by atoms with E-state index in [1.165, 1.54) is 19.5 Å². The predicted molar refractivity (Wildman–Crippen MR) is 48.7 cm³/mol. The van der Waals surface area contributed by atoms with Gasteiger partial charge in [0.05, 0.1) is 0 Å². The monoisotopic (exact) mass is 154 g/mol. The lowest BCUT2D eigenvalue weighted by Crippen LogP contribution is -2.13. The van der Waals surface area contributed by atoms with Gasteiger partial charge in [0.25, 0.3) is 0 Å². The summed E-state index contributed by atoms with van der Waals surface area (Å²) in [6, 6.07) is 0.